The summed E-state index contributed by atoms with van der Waals surface area (Å²) in [5, 5.41) is 5.25. The number of ether oxygens (including phenoxy) is 1. The van der Waals surface area contributed by atoms with E-state index in [1.54, 1.807) is 42.7 Å². The molecule has 1 saturated heterocycles. The Hall–Kier alpha value is -3.23. The molecule has 6 nitrogen and oxygen atoms in total. The van der Waals surface area contributed by atoms with Gasteiger partial charge >= 0.3 is 0 Å². The van der Waals surface area contributed by atoms with Crippen molar-refractivity contribution >= 4 is 51.9 Å². The molecule has 1 N–H and O–H groups in total. The van der Waals surface area contributed by atoms with Crippen molar-refractivity contribution in [3.05, 3.63) is 77.0 Å². The highest BCUT2D eigenvalue weighted by molar-refractivity contribution is 7.80. The molecule has 1 aliphatic rings. The van der Waals surface area contributed by atoms with Crippen molar-refractivity contribution in [3.63, 3.8) is 0 Å². The fourth-order valence-electron chi connectivity index (χ4n) is 3.46. The van der Waals surface area contributed by atoms with Crippen LogP contribution in [0.1, 0.15) is 11.3 Å². The quantitative estimate of drug-likeness (QED) is 0.543. The summed E-state index contributed by atoms with van der Waals surface area (Å²) in [4.78, 5) is 30.6. The molecule has 1 unspecified atom stereocenters. The van der Waals surface area contributed by atoms with E-state index in [2.05, 4.69) is 5.32 Å². The van der Waals surface area contributed by atoms with Gasteiger partial charge in [-0.3, -0.25) is 14.5 Å². The maximum Gasteiger partial charge on any atom is 0.256 e. The third kappa shape index (κ3) is 4.60. The molecule has 1 aromatic heterocycles. The number of para-hydroxylation sites is 1. The van der Waals surface area contributed by atoms with Crippen LogP contribution in [0.5, 0.6) is 5.75 Å². The monoisotopic (exact) mass is 451 g/mol. The number of hydrogen-bond donors (Lipinski definition) is 1. The molecule has 0 spiro atoms. The Morgan fingerprint density at radius 2 is 1.84 bits per heavy atom. The van der Waals surface area contributed by atoms with Crippen LogP contribution in [0.25, 0.3) is 0 Å². The second-order valence-electron chi connectivity index (χ2n) is 7.00. The lowest BCUT2D eigenvalue weighted by molar-refractivity contribution is -0.124. The van der Waals surface area contributed by atoms with Gasteiger partial charge in [0.05, 0.1) is 25.8 Å². The number of thiophene rings is 1. The number of thiocarbonyl (C=S) groups is 1. The normalized spacial score (nSPS) is 16.0. The first-order chi connectivity index (χ1) is 15.1. The maximum absolute atomic E-state index is 13.3. The highest BCUT2D eigenvalue weighted by atomic mass is 32.1. The number of anilines is 2. The molecule has 1 atom stereocenters. The van der Waals surface area contributed by atoms with E-state index in [0.717, 1.165) is 4.88 Å². The van der Waals surface area contributed by atoms with Crippen LogP contribution < -0.4 is 15.0 Å². The van der Waals surface area contributed by atoms with Gasteiger partial charge in [-0.2, -0.15) is 0 Å². The van der Waals surface area contributed by atoms with Crippen molar-refractivity contribution in [1.82, 2.24) is 4.90 Å². The highest BCUT2D eigenvalue weighted by Gasteiger charge is 2.44. The number of nitrogens with zero attached hydrogens (tertiary/aromatic N) is 2. The standard InChI is InChI=1S/C23H21N3O3S2/c1-29-18-11-9-16(10-12-18)24-21(27)14-20-22(28)26(17-6-3-2-4-7-17)23(30)25(20)15-19-8-5-13-31-19/h2-13,20H,14-15H2,1H3,(H,24,27). The summed E-state index contributed by atoms with van der Waals surface area (Å²) in [6.45, 7) is 0.478. The Morgan fingerprint density at radius 3 is 2.48 bits per heavy atom. The Kier molecular flexibility index (Phi) is 6.29. The summed E-state index contributed by atoms with van der Waals surface area (Å²) in [6, 6.07) is 19.6. The summed E-state index contributed by atoms with van der Waals surface area (Å²) in [6.07, 6.45) is -0.000286. The number of nitrogens with one attached hydrogen (secondary N) is 1. The zero-order valence-electron chi connectivity index (χ0n) is 16.9. The smallest absolute Gasteiger partial charge is 0.256 e. The van der Waals surface area contributed by atoms with Gasteiger partial charge in [0.15, 0.2) is 5.11 Å². The van der Waals surface area contributed by atoms with Crippen LogP contribution in [0, 0.1) is 0 Å². The summed E-state index contributed by atoms with van der Waals surface area (Å²) < 4.78 is 5.14. The second kappa shape index (κ2) is 9.28. The molecule has 1 fully saturated rings. The van der Waals surface area contributed by atoms with Crippen LogP contribution in [0.3, 0.4) is 0 Å². The molecule has 0 radical (unpaired) electrons. The van der Waals surface area contributed by atoms with Gasteiger partial charge in [0.25, 0.3) is 5.91 Å². The second-order valence-corrected chi connectivity index (χ2v) is 8.39. The van der Waals surface area contributed by atoms with Crippen LogP contribution in [0.2, 0.25) is 0 Å². The Labute approximate surface area is 190 Å². The molecule has 2 amide bonds. The molecule has 0 bridgehead atoms. The molecule has 3 aromatic rings. The molecule has 0 aliphatic carbocycles. The molecular formula is C23H21N3O3S2. The van der Waals surface area contributed by atoms with Gasteiger partial charge in [0.2, 0.25) is 5.91 Å². The predicted molar refractivity (Wildman–Crippen MR) is 126 cm³/mol. The van der Waals surface area contributed by atoms with E-state index in [-0.39, 0.29) is 18.2 Å². The fourth-order valence-corrected chi connectivity index (χ4v) is 4.55. The van der Waals surface area contributed by atoms with Crippen molar-refractivity contribution in [3.8, 4) is 5.75 Å². The molecule has 158 valence electrons. The highest BCUT2D eigenvalue weighted by Crippen LogP contribution is 2.29. The summed E-state index contributed by atoms with van der Waals surface area (Å²) in [5.41, 5.74) is 1.34. The zero-order chi connectivity index (χ0) is 21.8. The summed E-state index contributed by atoms with van der Waals surface area (Å²) in [5.74, 6) is 0.255. The van der Waals surface area contributed by atoms with Gasteiger partial charge in [-0.15, -0.1) is 11.3 Å². The zero-order valence-corrected chi connectivity index (χ0v) is 18.5. The van der Waals surface area contributed by atoms with Gasteiger partial charge in [-0.1, -0.05) is 24.3 Å². The lowest BCUT2D eigenvalue weighted by Crippen LogP contribution is -2.37. The number of carbonyl (C=O) groups excluding carboxylic acids is 2. The number of amides is 2. The maximum atomic E-state index is 13.3. The lowest BCUT2D eigenvalue weighted by Gasteiger charge is -2.23. The van der Waals surface area contributed by atoms with Crippen LogP contribution >= 0.6 is 23.6 Å². The third-order valence-corrected chi connectivity index (χ3v) is 6.27. The van der Waals surface area contributed by atoms with E-state index in [4.69, 9.17) is 17.0 Å². The number of carbonyl (C=O) groups is 2. The van der Waals surface area contributed by atoms with Gasteiger partial charge < -0.3 is 15.0 Å². The van der Waals surface area contributed by atoms with Crippen molar-refractivity contribution in [2.75, 3.05) is 17.3 Å². The molecule has 0 saturated carbocycles. The van der Waals surface area contributed by atoms with Crippen molar-refractivity contribution < 1.29 is 14.3 Å². The topological polar surface area (TPSA) is 61.9 Å². The third-order valence-electron chi connectivity index (χ3n) is 4.99. The van der Waals surface area contributed by atoms with Gasteiger partial charge in [0, 0.05) is 10.6 Å². The SMILES string of the molecule is COc1ccc(NC(=O)CC2C(=O)N(c3ccccc3)C(=S)N2Cc2cccs2)cc1. The van der Waals surface area contributed by atoms with E-state index in [9.17, 15) is 9.59 Å². The minimum Gasteiger partial charge on any atom is -0.497 e. The molecule has 2 aromatic carbocycles. The average molecular weight is 452 g/mol. The van der Waals surface area contributed by atoms with Crippen molar-refractivity contribution in [1.29, 1.82) is 0 Å². The fraction of sp³-hybridized carbons (Fsp3) is 0.174. The van der Waals surface area contributed by atoms with E-state index in [1.807, 2.05) is 52.7 Å². The molecule has 4 rings (SSSR count). The first kappa shape index (κ1) is 21.0. The first-order valence-electron chi connectivity index (χ1n) is 9.72. The molecular weight excluding hydrogens is 430 g/mol. The van der Waals surface area contributed by atoms with Gasteiger partial charge in [0.1, 0.15) is 11.8 Å². The molecule has 2 heterocycles. The molecule has 31 heavy (non-hydrogen) atoms. The Bertz CT molecular complexity index is 1070. The Balaban J connectivity index is 1.55. The average Bonchev–Trinajstić information content (AvgIpc) is 3.37. The van der Waals surface area contributed by atoms with E-state index < -0.39 is 6.04 Å². The number of methoxy groups -OCH3 is 1. The van der Waals surface area contributed by atoms with E-state index in [0.29, 0.717) is 28.8 Å². The van der Waals surface area contributed by atoms with Crippen molar-refractivity contribution in [2.45, 2.75) is 19.0 Å². The number of hydrogen-bond acceptors (Lipinski definition) is 5. The summed E-state index contributed by atoms with van der Waals surface area (Å²) >= 11 is 7.26. The van der Waals surface area contributed by atoms with Crippen molar-refractivity contribution in [2.24, 2.45) is 0 Å². The van der Waals surface area contributed by atoms with E-state index >= 15 is 0 Å². The minimum atomic E-state index is -0.673. The van der Waals surface area contributed by atoms with Crippen LogP contribution in [-0.4, -0.2) is 35.0 Å². The lowest BCUT2D eigenvalue weighted by atomic mass is 10.1. The first-order valence-corrected chi connectivity index (χ1v) is 11.0. The van der Waals surface area contributed by atoms with Gasteiger partial charge in [-0.05, 0) is 60.1 Å². The largest absolute Gasteiger partial charge is 0.497 e. The minimum absolute atomic E-state index is 0.000286. The Morgan fingerprint density at radius 1 is 1.10 bits per heavy atom. The van der Waals surface area contributed by atoms with Crippen LogP contribution in [0.15, 0.2) is 72.1 Å². The molecule has 1 aliphatic heterocycles. The number of benzene rings is 2. The predicted octanol–water partition coefficient (Wildman–Crippen LogP) is 4.29. The van der Waals surface area contributed by atoms with E-state index in [1.165, 1.54) is 4.90 Å². The van der Waals surface area contributed by atoms with Crippen LogP contribution in [-0.2, 0) is 16.1 Å². The molecule has 8 heteroatoms. The summed E-state index contributed by atoms with van der Waals surface area (Å²) in [7, 11) is 1.59. The van der Waals surface area contributed by atoms with Crippen LogP contribution in [0.4, 0.5) is 11.4 Å². The number of rotatable bonds is 7. The van der Waals surface area contributed by atoms with Gasteiger partial charge in [-0.25, -0.2) is 0 Å².